The first-order valence-corrected chi connectivity index (χ1v) is 5.70. The van der Waals surface area contributed by atoms with Crippen molar-refractivity contribution >= 4 is 28.8 Å². The number of nitrogens with two attached hydrogens (primary N) is 1. The maximum atomic E-state index is 6.13. The Balaban J connectivity index is 2.35. The van der Waals surface area contributed by atoms with E-state index in [1.807, 2.05) is 32.0 Å². The molecule has 1 heterocycles. The molecule has 4 heteroatoms. The van der Waals surface area contributed by atoms with Gasteiger partial charge in [-0.1, -0.05) is 23.7 Å². The molecule has 2 rings (SSSR count). The number of para-hydroxylation sites is 1. The summed E-state index contributed by atoms with van der Waals surface area (Å²) in [6.45, 7) is 3.92. The fourth-order valence-corrected chi connectivity index (χ4v) is 1.80. The van der Waals surface area contributed by atoms with E-state index < -0.39 is 0 Å². The Morgan fingerprint density at radius 1 is 1.24 bits per heavy atom. The van der Waals surface area contributed by atoms with E-state index in [0.717, 1.165) is 16.8 Å². The molecule has 0 spiro atoms. The second kappa shape index (κ2) is 4.63. The van der Waals surface area contributed by atoms with Crippen LogP contribution in [0.2, 0.25) is 5.02 Å². The SMILES string of the molecule is Cc1cnc(Nc2c(C)cccc2Cl)cc1N. The first-order valence-electron chi connectivity index (χ1n) is 5.32. The number of hydrogen-bond acceptors (Lipinski definition) is 3. The number of nitrogens with zero attached hydrogens (tertiary/aromatic N) is 1. The summed E-state index contributed by atoms with van der Waals surface area (Å²) < 4.78 is 0. The highest BCUT2D eigenvalue weighted by atomic mass is 35.5. The molecule has 2 aromatic rings. The van der Waals surface area contributed by atoms with Crippen molar-refractivity contribution in [2.45, 2.75) is 13.8 Å². The highest BCUT2D eigenvalue weighted by Gasteiger charge is 2.05. The molecule has 0 aliphatic rings. The van der Waals surface area contributed by atoms with Crippen LogP contribution in [-0.4, -0.2) is 4.98 Å². The summed E-state index contributed by atoms with van der Waals surface area (Å²) in [4.78, 5) is 4.27. The zero-order chi connectivity index (χ0) is 12.4. The van der Waals surface area contributed by atoms with E-state index in [9.17, 15) is 0 Å². The maximum absolute atomic E-state index is 6.13. The van der Waals surface area contributed by atoms with Crippen LogP contribution in [0.25, 0.3) is 0 Å². The quantitative estimate of drug-likeness (QED) is 0.851. The summed E-state index contributed by atoms with van der Waals surface area (Å²) >= 11 is 6.13. The standard InChI is InChI=1S/C13H14ClN3/c1-8-4-3-5-10(14)13(8)17-12-6-11(15)9(2)7-16-12/h3-7H,1-2H3,(H3,15,16,17). The number of nitrogen functional groups attached to an aromatic ring is 1. The van der Waals surface area contributed by atoms with E-state index in [-0.39, 0.29) is 0 Å². The van der Waals surface area contributed by atoms with Crippen LogP contribution in [-0.2, 0) is 0 Å². The maximum Gasteiger partial charge on any atom is 0.132 e. The third-order valence-electron chi connectivity index (χ3n) is 2.62. The van der Waals surface area contributed by atoms with E-state index in [0.29, 0.717) is 16.5 Å². The van der Waals surface area contributed by atoms with Crippen LogP contribution >= 0.6 is 11.6 Å². The molecule has 0 amide bonds. The summed E-state index contributed by atoms with van der Waals surface area (Å²) in [6, 6.07) is 7.55. The van der Waals surface area contributed by atoms with Gasteiger partial charge in [0, 0.05) is 18.0 Å². The van der Waals surface area contributed by atoms with Crippen LogP contribution in [0.3, 0.4) is 0 Å². The number of halogens is 1. The third kappa shape index (κ3) is 2.50. The molecule has 0 saturated carbocycles. The smallest absolute Gasteiger partial charge is 0.132 e. The number of pyridine rings is 1. The highest BCUT2D eigenvalue weighted by molar-refractivity contribution is 6.33. The molecule has 17 heavy (non-hydrogen) atoms. The van der Waals surface area contributed by atoms with E-state index in [2.05, 4.69) is 10.3 Å². The second-order valence-corrected chi connectivity index (χ2v) is 4.39. The molecule has 3 N–H and O–H groups in total. The Kier molecular flexibility index (Phi) is 3.20. The molecule has 3 nitrogen and oxygen atoms in total. The lowest BCUT2D eigenvalue weighted by Crippen LogP contribution is -1.99. The molecule has 0 unspecified atom stereocenters. The Bertz CT molecular complexity index is 532. The predicted molar refractivity (Wildman–Crippen MR) is 72.9 cm³/mol. The molecule has 1 aromatic heterocycles. The van der Waals surface area contributed by atoms with Crippen LogP contribution in [0.5, 0.6) is 0 Å². The van der Waals surface area contributed by atoms with Crippen LogP contribution in [0, 0.1) is 13.8 Å². The Hall–Kier alpha value is -1.74. The molecular formula is C13H14ClN3. The van der Waals surface area contributed by atoms with Gasteiger partial charge in [0.05, 0.1) is 10.7 Å². The number of anilines is 3. The number of rotatable bonds is 2. The molecule has 0 bridgehead atoms. The highest BCUT2D eigenvalue weighted by Crippen LogP contribution is 2.28. The number of aromatic nitrogens is 1. The third-order valence-corrected chi connectivity index (χ3v) is 2.93. The molecule has 0 saturated heterocycles. The van der Waals surface area contributed by atoms with Gasteiger partial charge in [0.2, 0.25) is 0 Å². The van der Waals surface area contributed by atoms with Gasteiger partial charge in [0.1, 0.15) is 5.82 Å². The fraction of sp³-hybridized carbons (Fsp3) is 0.154. The largest absolute Gasteiger partial charge is 0.398 e. The topological polar surface area (TPSA) is 50.9 Å². The minimum atomic E-state index is 0.672. The van der Waals surface area contributed by atoms with Crippen LogP contribution < -0.4 is 11.1 Å². The fourth-order valence-electron chi connectivity index (χ4n) is 1.53. The number of nitrogens with one attached hydrogen (secondary N) is 1. The lowest BCUT2D eigenvalue weighted by atomic mass is 10.2. The molecule has 0 aliphatic heterocycles. The summed E-state index contributed by atoms with van der Waals surface area (Å²) in [6.07, 6.45) is 1.74. The first-order chi connectivity index (χ1) is 8.08. The normalized spacial score (nSPS) is 10.3. The molecule has 88 valence electrons. The van der Waals surface area contributed by atoms with Gasteiger partial charge in [-0.3, -0.25) is 0 Å². The zero-order valence-corrected chi connectivity index (χ0v) is 10.5. The zero-order valence-electron chi connectivity index (χ0n) is 9.79. The molecule has 0 aliphatic carbocycles. The monoisotopic (exact) mass is 247 g/mol. The lowest BCUT2D eigenvalue weighted by Gasteiger charge is -2.11. The predicted octanol–water partition coefficient (Wildman–Crippen LogP) is 3.68. The minimum Gasteiger partial charge on any atom is -0.398 e. The molecule has 0 fully saturated rings. The van der Waals surface area contributed by atoms with Gasteiger partial charge in [0.15, 0.2) is 0 Å². The van der Waals surface area contributed by atoms with Crippen LogP contribution in [0.1, 0.15) is 11.1 Å². The molecule has 0 atom stereocenters. The van der Waals surface area contributed by atoms with Gasteiger partial charge in [-0.2, -0.15) is 0 Å². The molecular weight excluding hydrogens is 234 g/mol. The number of benzene rings is 1. The Morgan fingerprint density at radius 2 is 2.00 bits per heavy atom. The average molecular weight is 248 g/mol. The van der Waals surface area contributed by atoms with Crippen molar-refractivity contribution in [2.24, 2.45) is 0 Å². The van der Waals surface area contributed by atoms with Gasteiger partial charge < -0.3 is 11.1 Å². The molecule has 0 radical (unpaired) electrons. The first kappa shape index (κ1) is 11.7. The van der Waals surface area contributed by atoms with Crippen LogP contribution in [0.4, 0.5) is 17.2 Å². The van der Waals surface area contributed by atoms with Crippen molar-refractivity contribution in [3.8, 4) is 0 Å². The lowest BCUT2D eigenvalue weighted by molar-refractivity contribution is 1.26. The van der Waals surface area contributed by atoms with Crippen molar-refractivity contribution in [3.63, 3.8) is 0 Å². The molecule has 1 aromatic carbocycles. The number of aryl methyl sites for hydroxylation is 2. The number of hydrogen-bond donors (Lipinski definition) is 2. The van der Waals surface area contributed by atoms with Gasteiger partial charge in [-0.05, 0) is 31.0 Å². The van der Waals surface area contributed by atoms with E-state index in [1.54, 1.807) is 12.3 Å². The van der Waals surface area contributed by atoms with Crippen molar-refractivity contribution in [1.29, 1.82) is 0 Å². The second-order valence-electron chi connectivity index (χ2n) is 3.98. The van der Waals surface area contributed by atoms with E-state index in [1.165, 1.54) is 0 Å². The minimum absolute atomic E-state index is 0.672. The summed E-state index contributed by atoms with van der Waals surface area (Å²) in [7, 11) is 0. The summed E-state index contributed by atoms with van der Waals surface area (Å²) in [5.41, 5.74) is 9.45. The van der Waals surface area contributed by atoms with E-state index in [4.69, 9.17) is 17.3 Å². The van der Waals surface area contributed by atoms with Crippen molar-refractivity contribution in [3.05, 3.63) is 46.6 Å². The average Bonchev–Trinajstić information content (AvgIpc) is 2.28. The summed E-state index contributed by atoms with van der Waals surface area (Å²) in [5, 5.41) is 3.86. The van der Waals surface area contributed by atoms with Crippen molar-refractivity contribution < 1.29 is 0 Å². The van der Waals surface area contributed by atoms with E-state index >= 15 is 0 Å². The van der Waals surface area contributed by atoms with Gasteiger partial charge >= 0.3 is 0 Å². The van der Waals surface area contributed by atoms with Gasteiger partial charge in [-0.15, -0.1) is 0 Å². The van der Waals surface area contributed by atoms with Crippen molar-refractivity contribution in [2.75, 3.05) is 11.1 Å². The van der Waals surface area contributed by atoms with Crippen LogP contribution in [0.15, 0.2) is 30.5 Å². The van der Waals surface area contributed by atoms with Gasteiger partial charge in [0.25, 0.3) is 0 Å². The summed E-state index contributed by atoms with van der Waals surface area (Å²) in [5.74, 6) is 0.698. The van der Waals surface area contributed by atoms with Crippen molar-refractivity contribution in [1.82, 2.24) is 4.98 Å². The Labute approximate surface area is 106 Å². The van der Waals surface area contributed by atoms with Gasteiger partial charge in [-0.25, -0.2) is 4.98 Å². The Morgan fingerprint density at radius 3 is 2.65 bits per heavy atom.